The molecule has 7 nitrogen and oxygen atoms in total. The highest BCUT2D eigenvalue weighted by atomic mass is 35.6. The standard InChI is InChI=1S/C28H38Cl3NO6Si/c1-27(2,3)39(4,5)37-18-21-24(35-16-19-12-8-6-9-13-19)23(33)22(32-26(34)28(29,30)31)25(38-21)36-17-20-14-10-7-11-15-20/h6-15,21-25,33H,16-18H2,1-5H3,(H,32,34)/t21-,22-,23-,24+,25-/m1/s1. The van der Waals surface area contributed by atoms with Crippen LogP contribution in [-0.2, 0) is 36.6 Å². The van der Waals surface area contributed by atoms with E-state index >= 15 is 0 Å². The maximum absolute atomic E-state index is 12.6. The van der Waals surface area contributed by atoms with Gasteiger partial charge in [0.15, 0.2) is 14.6 Å². The second-order valence-corrected chi connectivity index (χ2v) is 18.3. The molecule has 2 aromatic carbocycles. The average molecular weight is 619 g/mol. The van der Waals surface area contributed by atoms with E-state index < -0.39 is 48.7 Å². The van der Waals surface area contributed by atoms with Crippen molar-refractivity contribution in [2.75, 3.05) is 6.61 Å². The van der Waals surface area contributed by atoms with E-state index in [-0.39, 0.29) is 24.9 Å². The van der Waals surface area contributed by atoms with Crippen molar-refractivity contribution in [3.63, 3.8) is 0 Å². The third-order valence-electron chi connectivity index (χ3n) is 7.19. The van der Waals surface area contributed by atoms with E-state index in [1.54, 1.807) is 0 Å². The van der Waals surface area contributed by atoms with Gasteiger partial charge in [0.25, 0.3) is 9.70 Å². The second kappa shape index (κ2) is 13.6. The molecule has 1 amide bonds. The minimum absolute atomic E-state index is 0.0369. The maximum Gasteiger partial charge on any atom is 0.272 e. The van der Waals surface area contributed by atoms with Crippen LogP contribution in [0, 0.1) is 0 Å². The Morgan fingerprint density at radius 2 is 1.46 bits per heavy atom. The summed E-state index contributed by atoms with van der Waals surface area (Å²) in [5, 5.41) is 14.1. The molecular weight excluding hydrogens is 581 g/mol. The average Bonchev–Trinajstić information content (AvgIpc) is 2.87. The number of alkyl halides is 3. The Hall–Kier alpha value is -1.20. The molecule has 0 bridgehead atoms. The van der Waals surface area contributed by atoms with Gasteiger partial charge in [0.2, 0.25) is 0 Å². The van der Waals surface area contributed by atoms with Crippen molar-refractivity contribution in [3.05, 3.63) is 71.8 Å². The third kappa shape index (κ3) is 9.15. The SMILES string of the molecule is CC(C)(C)[Si](C)(C)OC[C@H]1O[C@@H](OCc2ccccc2)[C@H](NC(=O)C(Cl)(Cl)Cl)[C@@H](O)[C@H]1OCc1ccccc1. The van der Waals surface area contributed by atoms with Gasteiger partial charge >= 0.3 is 0 Å². The van der Waals surface area contributed by atoms with Crippen LogP contribution in [0.1, 0.15) is 31.9 Å². The summed E-state index contributed by atoms with van der Waals surface area (Å²) < 4.78 is 22.9. The van der Waals surface area contributed by atoms with Crippen molar-refractivity contribution in [1.82, 2.24) is 5.32 Å². The minimum atomic E-state index is -2.24. The lowest BCUT2D eigenvalue weighted by atomic mass is 9.96. The lowest BCUT2D eigenvalue weighted by Gasteiger charge is -2.46. The van der Waals surface area contributed by atoms with Gasteiger partial charge in [0.05, 0.1) is 19.8 Å². The normalized spacial score (nSPS) is 24.4. The fourth-order valence-corrected chi connectivity index (χ4v) is 4.99. The molecule has 0 radical (unpaired) electrons. The molecule has 0 unspecified atom stereocenters. The first-order valence-electron chi connectivity index (χ1n) is 12.9. The fourth-order valence-electron chi connectivity index (χ4n) is 3.82. The second-order valence-electron chi connectivity index (χ2n) is 11.2. The summed E-state index contributed by atoms with van der Waals surface area (Å²) in [7, 11) is -2.17. The van der Waals surface area contributed by atoms with Gasteiger partial charge in [-0.2, -0.15) is 0 Å². The van der Waals surface area contributed by atoms with Crippen molar-refractivity contribution in [3.8, 4) is 0 Å². The number of aliphatic hydroxyl groups excluding tert-OH is 1. The number of halogens is 3. The predicted octanol–water partition coefficient (Wildman–Crippen LogP) is 5.75. The zero-order valence-electron chi connectivity index (χ0n) is 22.9. The first-order valence-corrected chi connectivity index (χ1v) is 16.9. The highest BCUT2D eigenvalue weighted by Gasteiger charge is 2.50. The van der Waals surface area contributed by atoms with Crippen molar-refractivity contribution in [1.29, 1.82) is 0 Å². The number of aliphatic hydroxyl groups is 1. The summed E-state index contributed by atoms with van der Waals surface area (Å²) in [6, 6.07) is 18.0. The van der Waals surface area contributed by atoms with Gasteiger partial charge in [-0.1, -0.05) is 116 Å². The Morgan fingerprint density at radius 1 is 0.949 bits per heavy atom. The molecule has 0 spiro atoms. The van der Waals surface area contributed by atoms with Crippen molar-refractivity contribution >= 4 is 49.0 Å². The number of amides is 1. The van der Waals surface area contributed by atoms with Gasteiger partial charge in [-0.05, 0) is 29.3 Å². The molecule has 216 valence electrons. The van der Waals surface area contributed by atoms with Crippen LogP contribution in [0.25, 0.3) is 0 Å². The number of ether oxygens (including phenoxy) is 3. The van der Waals surface area contributed by atoms with Gasteiger partial charge in [-0.25, -0.2) is 0 Å². The van der Waals surface area contributed by atoms with Gasteiger partial charge in [-0.3, -0.25) is 4.79 Å². The molecule has 0 saturated carbocycles. The van der Waals surface area contributed by atoms with Crippen molar-refractivity contribution in [2.45, 2.75) is 86.6 Å². The number of hydrogen-bond donors (Lipinski definition) is 2. The summed E-state index contributed by atoms with van der Waals surface area (Å²) in [4.78, 5) is 12.6. The number of carbonyl (C=O) groups excluding carboxylic acids is 1. The van der Waals surface area contributed by atoms with Crippen LogP contribution in [0.2, 0.25) is 18.1 Å². The van der Waals surface area contributed by atoms with E-state index in [0.717, 1.165) is 11.1 Å². The zero-order valence-corrected chi connectivity index (χ0v) is 26.2. The van der Waals surface area contributed by atoms with Gasteiger partial charge in [0, 0.05) is 0 Å². The maximum atomic E-state index is 12.6. The smallest absolute Gasteiger partial charge is 0.272 e. The van der Waals surface area contributed by atoms with E-state index in [1.807, 2.05) is 60.7 Å². The molecular formula is C28H38Cl3NO6Si. The quantitative estimate of drug-likeness (QED) is 0.261. The fraction of sp³-hybridized carbons (Fsp3) is 0.536. The van der Waals surface area contributed by atoms with Crippen LogP contribution >= 0.6 is 34.8 Å². The Labute approximate surface area is 247 Å². The Kier molecular flexibility index (Phi) is 11.3. The highest BCUT2D eigenvalue weighted by Crippen LogP contribution is 2.37. The molecule has 11 heteroatoms. The van der Waals surface area contributed by atoms with E-state index in [9.17, 15) is 9.90 Å². The largest absolute Gasteiger partial charge is 0.414 e. The molecule has 0 aromatic heterocycles. The summed E-state index contributed by atoms with van der Waals surface area (Å²) in [5.74, 6) is -0.911. The first kappa shape index (κ1) is 32.3. The summed E-state index contributed by atoms with van der Waals surface area (Å²) in [5.41, 5.74) is 1.80. The van der Waals surface area contributed by atoms with Crippen LogP contribution in [-0.4, -0.2) is 60.4 Å². The molecule has 5 atom stereocenters. The van der Waals surface area contributed by atoms with Crippen LogP contribution in [0.15, 0.2) is 60.7 Å². The molecule has 1 fully saturated rings. The summed E-state index contributed by atoms with van der Waals surface area (Å²) in [6.45, 7) is 11.3. The molecule has 2 aromatic rings. The molecule has 1 heterocycles. The molecule has 1 aliphatic heterocycles. The molecule has 39 heavy (non-hydrogen) atoms. The van der Waals surface area contributed by atoms with E-state index in [1.165, 1.54) is 0 Å². The molecule has 1 aliphatic rings. The van der Waals surface area contributed by atoms with Gasteiger partial charge in [0.1, 0.15) is 24.4 Å². The Bertz CT molecular complexity index is 1050. The van der Waals surface area contributed by atoms with Gasteiger partial charge < -0.3 is 29.1 Å². The monoisotopic (exact) mass is 617 g/mol. The summed E-state index contributed by atoms with van der Waals surface area (Å²) >= 11 is 17.5. The van der Waals surface area contributed by atoms with E-state index in [2.05, 4.69) is 39.2 Å². The minimum Gasteiger partial charge on any atom is -0.414 e. The highest BCUT2D eigenvalue weighted by molar-refractivity contribution is 6.76. The predicted molar refractivity (Wildman–Crippen MR) is 156 cm³/mol. The number of hydrogen-bond acceptors (Lipinski definition) is 6. The molecule has 3 rings (SSSR count). The summed E-state index contributed by atoms with van der Waals surface area (Å²) in [6.07, 6.45) is -3.89. The van der Waals surface area contributed by atoms with Crippen molar-refractivity contribution < 1.29 is 28.5 Å². The lowest BCUT2D eigenvalue weighted by molar-refractivity contribution is -0.282. The number of rotatable bonds is 10. The molecule has 1 saturated heterocycles. The van der Waals surface area contributed by atoms with Crippen LogP contribution < -0.4 is 5.32 Å². The number of carbonyl (C=O) groups is 1. The third-order valence-corrected chi connectivity index (χ3v) is 12.2. The van der Waals surface area contributed by atoms with Crippen LogP contribution in [0.3, 0.4) is 0 Å². The Balaban J connectivity index is 1.88. The van der Waals surface area contributed by atoms with E-state index in [4.69, 9.17) is 53.4 Å². The number of benzene rings is 2. The van der Waals surface area contributed by atoms with Crippen molar-refractivity contribution in [2.24, 2.45) is 0 Å². The number of nitrogens with one attached hydrogen (secondary N) is 1. The zero-order chi connectivity index (χ0) is 28.8. The van der Waals surface area contributed by atoms with Gasteiger partial charge in [-0.15, -0.1) is 0 Å². The molecule has 0 aliphatic carbocycles. The lowest BCUT2D eigenvalue weighted by Crippen LogP contribution is -2.66. The van der Waals surface area contributed by atoms with Crippen LogP contribution in [0.4, 0.5) is 0 Å². The topological polar surface area (TPSA) is 86.2 Å². The molecule has 2 N–H and O–H groups in total. The van der Waals surface area contributed by atoms with E-state index in [0.29, 0.717) is 0 Å². The first-order chi connectivity index (χ1) is 18.2. The Morgan fingerprint density at radius 3 is 1.95 bits per heavy atom. The van der Waals surface area contributed by atoms with Crippen LogP contribution in [0.5, 0.6) is 0 Å².